The predicted molar refractivity (Wildman–Crippen MR) is 51.5 cm³/mol. The summed E-state index contributed by atoms with van der Waals surface area (Å²) in [5.41, 5.74) is 0.349. The summed E-state index contributed by atoms with van der Waals surface area (Å²) in [5, 5.41) is 4.60. The van der Waals surface area contributed by atoms with E-state index in [1.54, 1.807) is 6.07 Å². The third kappa shape index (κ3) is 1.79. The molecular weight excluding hydrogens is 226 g/mol. The fourth-order valence-corrected chi connectivity index (χ4v) is 3.23. The summed E-state index contributed by atoms with van der Waals surface area (Å²) in [4.78, 5) is -0.275. The Bertz CT molecular complexity index is 545. The Morgan fingerprint density at radius 3 is 2.00 bits per heavy atom. The molecule has 0 fully saturated rings. The first-order valence-electron chi connectivity index (χ1n) is 3.60. The first-order valence-corrected chi connectivity index (χ1v) is 7.15. The molecule has 0 unspecified atom stereocenters. The van der Waals surface area contributed by atoms with E-state index in [2.05, 4.69) is 5.14 Å². The van der Waals surface area contributed by atoms with Gasteiger partial charge in [-0.15, -0.1) is 0 Å². The lowest BCUT2D eigenvalue weighted by Gasteiger charge is -2.03. The van der Waals surface area contributed by atoms with Crippen LogP contribution in [0.4, 0.5) is 0 Å². The van der Waals surface area contributed by atoms with Gasteiger partial charge in [0, 0.05) is 0 Å². The SMILES string of the molecule is Cc1ccccc1S(=O)(=O)S(N)(=O)=O. The molecule has 7 heteroatoms. The summed E-state index contributed by atoms with van der Waals surface area (Å²) in [6.45, 7) is 1.50. The van der Waals surface area contributed by atoms with Gasteiger partial charge in [-0.05, 0) is 18.6 Å². The molecule has 78 valence electrons. The molecule has 0 aliphatic rings. The van der Waals surface area contributed by atoms with Gasteiger partial charge in [-0.3, -0.25) is 0 Å². The van der Waals surface area contributed by atoms with Gasteiger partial charge in [-0.25, -0.2) is 13.6 Å². The maximum absolute atomic E-state index is 11.4. The van der Waals surface area contributed by atoms with Gasteiger partial charge in [-0.1, -0.05) is 18.2 Å². The number of aryl methyl sites for hydroxylation is 1. The second kappa shape index (κ2) is 3.34. The molecule has 0 saturated heterocycles. The molecule has 0 aromatic heterocycles. The normalized spacial score (nSPS) is 12.7. The van der Waals surface area contributed by atoms with E-state index in [0.29, 0.717) is 5.56 Å². The zero-order valence-corrected chi connectivity index (χ0v) is 8.97. The topological polar surface area (TPSA) is 94.3 Å². The zero-order chi connectivity index (χ0) is 11.0. The Morgan fingerprint density at radius 1 is 1.07 bits per heavy atom. The van der Waals surface area contributed by atoms with Crippen LogP contribution in [-0.2, 0) is 17.9 Å². The molecule has 0 spiro atoms. The fourth-order valence-electron chi connectivity index (χ4n) is 0.962. The van der Waals surface area contributed by atoms with E-state index in [1.807, 2.05) is 0 Å². The van der Waals surface area contributed by atoms with Crippen molar-refractivity contribution in [2.24, 2.45) is 5.14 Å². The molecule has 0 heterocycles. The van der Waals surface area contributed by atoms with E-state index in [0.717, 1.165) is 0 Å². The Hall–Kier alpha value is -0.920. The number of nitrogens with two attached hydrogens (primary N) is 1. The molecule has 1 aromatic rings. The van der Waals surface area contributed by atoms with Crippen LogP contribution >= 0.6 is 0 Å². The van der Waals surface area contributed by atoms with Crippen LogP contribution in [0.1, 0.15) is 5.56 Å². The van der Waals surface area contributed by atoms with Crippen molar-refractivity contribution in [3.05, 3.63) is 29.8 Å². The summed E-state index contributed by atoms with van der Waals surface area (Å²) < 4.78 is 44.3. The maximum Gasteiger partial charge on any atom is 0.319 e. The minimum atomic E-state index is -4.61. The average molecular weight is 235 g/mol. The van der Waals surface area contributed by atoms with E-state index < -0.39 is 17.9 Å². The molecular formula is C7H9NO4S2. The molecule has 0 saturated carbocycles. The van der Waals surface area contributed by atoms with Gasteiger partial charge in [0.05, 0.1) is 4.90 Å². The molecule has 0 amide bonds. The predicted octanol–water partition coefficient (Wildman–Crippen LogP) is -0.0278. The van der Waals surface area contributed by atoms with E-state index in [9.17, 15) is 16.8 Å². The van der Waals surface area contributed by atoms with Crippen LogP contribution in [0.3, 0.4) is 0 Å². The average Bonchev–Trinajstić information content (AvgIpc) is 2.02. The van der Waals surface area contributed by atoms with Crippen molar-refractivity contribution < 1.29 is 16.8 Å². The van der Waals surface area contributed by atoms with Crippen LogP contribution in [0.15, 0.2) is 29.2 Å². The zero-order valence-electron chi connectivity index (χ0n) is 7.34. The quantitative estimate of drug-likeness (QED) is 0.728. The standard InChI is InChI=1S/C7H9NO4S2/c1-6-4-2-3-5-7(6)13(9,10)14(8,11)12/h2-5H,1H3,(H2,8,11,12). The number of benzene rings is 1. The molecule has 14 heavy (non-hydrogen) atoms. The van der Waals surface area contributed by atoms with Crippen LogP contribution in [0, 0.1) is 6.92 Å². The summed E-state index contributed by atoms with van der Waals surface area (Å²) in [5.74, 6) is 0. The third-order valence-corrected chi connectivity index (χ3v) is 5.65. The first kappa shape index (κ1) is 11.2. The Kier molecular flexibility index (Phi) is 2.66. The number of hydrogen-bond acceptors (Lipinski definition) is 4. The highest BCUT2D eigenvalue weighted by Crippen LogP contribution is 2.18. The van der Waals surface area contributed by atoms with Gasteiger partial charge in [0.1, 0.15) is 0 Å². The van der Waals surface area contributed by atoms with Crippen molar-refractivity contribution in [2.45, 2.75) is 11.8 Å². The highest BCUT2D eigenvalue weighted by atomic mass is 33.2. The van der Waals surface area contributed by atoms with E-state index in [1.165, 1.54) is 25.1 Å². The molecule has 0 aliphatic heterocycles. The molecule has 2 N–H and O–H groups in total. The minimum Gasteiger partial charge on any atom is -0.215 e. The highest BCUT2D eigenvalue weighted by molar-refractivity contribution is 8.66. The Balaban J connectivity index is 3.56. The van der Waals surface area contributed by atoms with Crippen LogP contribution < -0.4 is 5.14 Å². The summed E-state index contributed by atoms with van der Waals surface area (Å²) >= 11 is 0. The Morgan fingerprint density at radius 2 is 1.57 bits per heavy atom. The smallest absolute Gasteiger partial charge is 0.215 e. The second-order valence-corrected chi connectivity index (χ2v) is 7.76. The van der Waals surface area contributed by atoms with Gasteiger partial charge >= 0.3 is 9.06 Å². The van der Waals surface area contributed by atoms with Crippen molar-refractivity contribution in [3.63, 3.8) is 0 Å². The van der Waals surface area contributed by atoms with Crippen molar-refractivity contribution >= 4 is 17.9 Å². The van der Waals surface area contributed by atoms with Crippen LogP contribution in [0.25, 0.3) is 0 Å². The molecule has 0 bridgehead atoms. The lowest BCUT2D eigenvalue weighted by Crippen LogP contribution is -2.24. The number of rotatable bonds is 2. The molecule has 0 aliphatic carbocycles. The minimum absolute atomic E-state index is 0.275. The van der Waals surface area contributed by atoms with Crippen LogP contribution in [0.5, 0.6) is 0 Å². The van der Waals surface area contributed by atoms with Crippen molar-refractivity contribution in [1.82, 2.24) is 0 Å². The molecule has 1 rings (SSSR count). The second-order valence-electron chi connectivity index (χ2n) is 2.71. The van der Waals surface area contributed by atoms with Crippen molar-refractivity contribution in [2.75, 3.05) is 0 Å². The molecule has 5 nitrogen and oxygen atoms in total. The molecule has 0 radical (unpaired) electrons. The lowest BCUT2D eigenvalue weighted by atomic mass is 10.2. The van der Waals surface area contributed by atoms with Gasteiger partial charge in [0.25, 0.3) is 8.87 Å². The fraction of sp³-hybridized carbons (Fsp3) is 0.143. The number of hydrogen-bond donors (Lipinski definition) is 1. The van der Waals surface area contributed by atoms with Gasteiger partial charge in [-0.2, -0.15) is 8.42 Å². The van der Waals surface area contributed by atoms with Crippen LogP contribution in [-0.4, -0.2) is 16.8 Å². The van der Waals surface area contributed by atoms with E-state index in [-0.39, 0.29) is 4.90 Å². The van der Waals surface area contributed by atoms with E-state index >= 15 is 0 Å². The molecule has 1 aromatic carbocycles. The largest absolute Gasteiger partial charge is 0.319 e. The van der Waals surface area contributed by atoms with Gasteiger partial charge in [0.15, 0.2) is 0 Å². The highest BCUT2D eigenvalue weighted by Gasteiger charge is 2.28. The molecule has 0 atom stereocenters. The monoisotopic (exact) mass is 235 g/mol. The lowest BCUT2D eigenvalue weighted by molar-refractivity contribution is 0.583. The third-order valence-electron chi connectivity index (χ3n) is 1.67. The van der Waals surface area contributed by atoms with E-state index in [4.69, 9.17) is 0 Å². The van der Waals surface area contributed by atoms with Crippen LogP contribution in [0.2, 0.25) is 0 Å². The Labute approximate surface area is 81.9 Å². The van der Waals surface area contributed by atoms with Crippen molar-refractivity contribution in [1.29, 1.82) is 0 Å². The van der Waals surface area contributed by atoms with Crippen molar-refractivity contribution in [3.8, 4) is 0 Å². The van der Waals surface area contributed by atoms with Gasteiger partial charge in [0.2, 0.25) is 0 Å². The first-order chi connectivity index (χ1) is 6.27. The van der Waals surface area contributed by atoms with Gasteiger partial charge < -0.3 is 0 Å². The summed E-state index contributed by atoms with van der Waals surface area (Å²) in [6.07, 6.45) is 0. The summed E-state index contributed by atoms with van der Waals surface area (Å²) in [7, 11) is -9.06. The maximum atomic E-state index is 11.4. The summed E-state index contributed by atoms with van der Waals surface area (Å²) in [6, 6.07) is 5.75.